The van der Waals surface area contributed by atoms with Crippen molar-refractivity contribution in [3.8, 4) is 5.75 Å². The number of nitrogens with one attached hydrogen (secondary N) is 1. The molecule has 0 saturated heterocycles. The summed E-state index contributed by atoms with van der Waals surface area (Å²) in [6.07, 6.45) is 0. The fraction of sp³-hybridized carbons (Fsp3) is 0.143. The molecule has 0 bridgehead atoms. The highest BCUT2D eigenvalue weighted by Crippen LogP contribution is 2.27. The molecule has 4 N–H and O–H groups in total. The molecule has 0 radical (unpaired) electrons. The van der Waals surface area contributed by atoms with E-state index in [1.165, 1.54) is 12.1 Å². The van der Waals surface area contributed by atoms with Crippen LogP contribution < -0.4 is 10.5 Å². The number of aromatic hydroxyl groups is 1. The van der Waals surface area contributed by atoms with E-state index < -0.39 is 10.0 Å². The number of sulfonamides is 1. The molecule has 0 saturated carbocycles. The molecule has 0 spiro atoms. The highest BCUT2D eigenvalue weighted by atomic mass is 32.2. The van der Waals surface area contributed by atoms with Crippen molar-refractivity contribution in [2.24, 2.45) is 0 Å². The number of nitrogen functional groups attached to an aromatic ring is 1. The Morgan fingerprint density at radius 3 is 2.40 bits per heavy atom. The third kappa shape index (κ3) is 2.70. The van der Waals surface area contributed by atoms with E-state index in [4.69, 9.17) is 5.73 Å². The highest BCUT2D eigenvalue weighted by Gasteiger charge is 2.20. The number of phenolic OH excluding ortho intramolecular Hbond substituents is 1. The maximum absolute atomic E-state index is 12.4. The van der Waals surface area contributed by atoms with E-state index in [2.05, 4.69) is 4.72 Å². The van der Waals surface area contributed by atoms with Gasteiger partial charge in [0, 0.05) is 6.07 Å². The molecule has 20 heavy (non-hydrogen) atoms. The van der Waals surface area contributed by atoms with Gasteiger partial charge in [-0.25, -0.2) is 8.42 Å². The summed E-state index contributed by atoms with van der Waals surface area (Å²) < 4.78 is 27.1. The van der Waals surface area contributed by atoms with Crippen LogP contribution in [-0.4, -0.2) is 13.5 Å². The minimum Gasteiger partial charge on any atom is -0.508 e. The van der Waals surface area contributed by atoms with E-state index in [9.17, 15) is 13.5 Å². The fourth-order valence-corrected chi connectivity index (χ4v) is 3.33. The lowest BCUT2D eigenvalue weighted by molar-refractivity contribution is 0.471. The van der Waals surface area contributed by atoms with Gasteiger partial charge in [-0.1, -0.05) is 18.2 Å². The molecule has 0 atom stereocenters. The van der Waals surface area contributed by atoms with Crippen molar-refractivity contribution >= 4 is 21.4 Å². The summed E-state index contributed by atoms with van der Waals surface area (Å²) in [5.41, 5.74) is 7.46. The van der Waals surface area contributed by atoms with Crippen LogP contribution in [0.3, 0.4) is 0 Å². The van der Waals surface area contributed by atoms with Crippen molar-refractivity contribution in [3.05, 3.63) is 47.5 Å². The first kappa shape index (κ1) is 14.2. The topological polar surface area (TPSA) is 92.4 Å². The van der Waals surface area contributed by atoms with Gasteiger partial charge in [0.05, 0.1) is 11.4 Å². The number of rotatable bonds is 3. The molecule has 0 unspecified atom stereocenters. The van der Waals surface area contributed by atoms with Gasteiger partial charge in [-0.2, -0.15) is 0 Å². The van der Waals surface area contributed by atoms with Crippen molar-refractivity contribution in [2.75, 3.05) is 10.5 Å². The van der Waals surface area contributed by atoms with Crippen molar-refractivity contribution in [1.82, 2.24) is 0 Å². The second-order valence-corrected chi connectivity index (χ2v) is 6.22. The number of benzene rings is 2. The molecule has 0 amide bonds. The Morgan fingerprint density at radius 2 is 1.80 bits per heavy atom. The zero-order chi connectivity index (χ0) is 14.9. The van der Waals surface area contributed by atoms with E-state index in [-0.39, 0.29) is 22.0 Å². The minimum atomic E-state index is -3.79. The van der Waals surface area contributed by atoms with Gasteiger partial charge in [-0.3, -0.25) is 4.72 Å². The molecule has 5 nitrogen and oxygen atoms in total. The summed E-state index contributed by atoms with van der Waals surface area (Å²) >= 11 is 0. The number of anilines is 2. The average molecular weight is 292 g/mol. The molecule has 0 aliphatic heterocycles. The largest absolute Gasteiger partial charge is 0.508 e. The Kier molecular flexibility index (Phi) is 3.59. The van der Waals surface area contributed by atoms with Crippen LogP contribution in [0.25, 0.3) is 0 Å². The quantitative estimate of drug-likeness (QED) is 0.757. The van der Waals surface area contributed by atoms with E-state index in [0.29, 0.717) is 11.1 Å². The lowest BCUT2D eigenvalue weighted by atomic mass is 10.2. The summed E-state index contributed by atoms with van der Waals surface area (Å²) in [5, 5.41) is 9.62. The van der Waals surface area contributed by atoms with Crippen molar-refractivity contribution in [3.63, 3.8) is 0 Å². The first-order valence-electron chi connectivity index (χ1n) is 5.99. The van der Waals surface area contributed by atoms with E-state index in [0.717, 1.165) is 0 Å². The van der Waals surface area contributed by atoms with Crippen molar-refractivity contribution < 1.29 is 13.5 Å². The molecule has 2 aromatic carbocycles. The molecule has 106 valence electrons. The Balaban J connectivity index is 2.43. The molecular weight excluding hydrogens is 276 g/mol. The standard InChI is InChI=1S/C14H16N2O3S/c1-9-6-7-11(8-13(9)17)16-20(18,19)14-10(2)4-3-5-12(14)15/h3-8,16-17H,15H2,1-2H3. The van der Waals surface area contributed by atoms with Crippen LogP contribution in [0.1, 0.15) is 11.1 Å². The summed E-state index contributed by atoms with van der Waals surface area (Å²) in [6, 6.07) is 9.49. The molecule has 0 aromatic heterocycles. The maximum atomic E-state index is 12.4. The second-order valence-electron chi connectivity index (χ2n) is 4.60. The van der Waals surface area contributed by atoms with Gasteiger partial charge in [-0.15, -0.1) is 0 Å². The van der Waals surface area contributed by atoms with Crippen LogP contribution in [0.4, 0.5) is 11.4 Å². The molecule has 2 rings (SSSR count). The van der Waals surface area contributed by atoms with Gasteiger partial charge < -0.3 is 10.8 Å². The summed E-state index contributed by atoms with van der Waals surface area (Å²) in [6.45, 7) is 3.41. The number of phenols is 1. The lowest BCUT2D eigenvalue weighted by Crippen LogP contribution is -2.16. The van der Waals surface area contributed by atoms with E-state index in [1.54, 1.807) is 38.1 Å². The Hall–Kier alpha value is -2.21. The molecule has 2 aromatic rings. The summed E-state index contributed by atoms with van der Waals surface area (Å²) in [4.78, 5) is 0.0556. The molecule has 6 heteroatoms. The van der Waals surface area contributed by atoms with Gasteiger partial charge in [0.25, 0.3) is 10.0 Å². The third-order valence-corrected chi connectivity index (χ3v) is 4.57. The Labute approximate surface area is 118 Å². The second kappa shape index (κ2) is 5.05. The number of nitrogens with two attached hydrogens (primary N) is 1. The van der Waals surface area contributed by atoms with Gasteiger partial charge in [0.15, 0.2) is 0 Å². The first-order valence-corrected chi connectivity index (χ1v) is 7.47. The van der Waals surface area contributed by atoms with Crippen LogP contribution in [-0.2, 0) is 10.0 Å². The van der Waals surface area contributed by atoms with Crippen LogP contribution in [0.5, 0.6) is 5.75 Å². The lowest BCUT2D eigenvalue weighted by Gasteiger charge is -2.13. The summed E-state index contributed by atoms with van der Waals surface area (Å²) in [5.74, 6) is 0.0305. The monoisotopic (exact) mass is 292 g/mol. The Morgan fingerprint density at radius 1 is 1.10 bits per heavy atom. The third-order valence-electron chi connectivity index (χ3n) is 2.97. The highest BCUT2D eigenvalue weighted by molar-refractivity contribution is 7.93. The summed E-state index contributed by atoms with van der Waals surface area (Å²) in [7, 11) is -3.79. The molecule has 0 fully saturated rings. The van der Waals surface area contributed by atoms with Crippen LogP contribution >= 0.6 is 0 Å². The van der Waals surface area contributed by atoms with Gasteiger partial charge >= 0.3 is 0 Å². The SMILES string of the molecule is Cc1ccc(NS(=O)(=O)c2c(C)cccc2N)cc1O. The van der Waals surface area contributed by atoms with E-state index in [1.807, 2.05) is 0 Å². The number of aryl methyl sites for hydroxylation is 2. The van der Waals surface area contributed by atoms with Crippen LogP contribution in [0, 0.1) is 13.8 Å². The number of hydrogen-bond donors (Lipinski definition) is 3. The molecule has 0 heterocycles. The van der Waals surface area contributed by atoms with E-state index >= 15 is 0 Å². The molecule has 0 aliphatic carbocycles. The normalized spacial score (nSPS) is 11.3. The minimum absolute atomic E-state index is 0.0305. The molecule has 0 aliphatic rings. The zero-order valence-electron chi connectivity index (χ0n) is 11.2. The maximum Gasteiger partial charge on any atom is 0.264 e. The van der Waals surface area contributed by atoms with Crippen LogP contribution in [0.2, 0.25) is 0 Å². The predicted molar refractivity (Wildman–Crippen MR) is 79.2 cm³/mol. The number of hydrogen-bond acceptors (Lipinski definition) is 4. The van der Waals surface area contributed by atoms with Gasteiger partial charge in [-0.05, 0) is 37.1 Å². The molecular formula is C14H16N2O3S. The van der Waals surface area contributed by atoms with Crippen LogP contribution in [0.15, 0.2) is 41.3 Å². The van der Waals surface area contributed by atoms with Gasteiger partial charge in [0.1, 0.15) is 10.6 Å². The Bertz CT molecular complexity index is 735. The van der Waals surface area contributed by atoms with Gasteiger partial charge in [0.2, 0.25) is 0 Å². The first-order chi connectivity index (χ1) is 9.31. The van der Waals surface area contributed by atoms with Crippen molar-refractivity contribution in [1.29, 1.82) is 0 Å². The zero-order valence-corrected chi connectivity index (χ0v) is 12.0. The van der Waals surface area contributed by atoms with Crippen molar-refractivity contribution in [2.45, 2.75) is 18.7 Å². The predicted octanol–water partition coefficient (Wildman–Crippen LogP) is 2.39. The average Bonchev–Trinajstić information content (AvgIpc) is 2.33. The smallest absolute Gasteiger partial charge is 0.264 e. The fourth-order valence-electron chi connectivity index (χ4n) is 1.92.